The van der Waals surface area contributed by atoms with Crippen molar-refractivity contribution >= 4 is 16.0 Å². The van der Waals surface area contributed by atoms with Crippen molar-refractivity contribution in [2.45, 2.75) is 11.8 Å². The minimum absolute atomic E-state index is 0.0713. The van der Waals surface area contributed by atoms with Crippen LogP contribution in [0.3, 0.4) is 0 Å². The number of carboxylic acid groups (broad SMARTS) is 1. The number of benzene rings is 1. The highest BCUT2D eigenvalue weighted by Crippen LogP contribution is 2.21. The fraction of sp³-hybridized carbons (Fsp3) is 0.300. The largest absolute Gasteiger partial charge is 0.478 e. The van der Waals surface area contributed by atoms with Crippen molar-refractivity contribution < 1.29 is 27.5 Å². The average molecular weight is 277 g/mol. The Hall–Kier alpha value is -1.51. The molecule has 1 N–H and O–H groups in total. The second-order valence-electron chi connectivity index (χ2n) is 3.50. The van der Waals surface area contributed by atoms with E-state index in [1.807, 2.05) is 0 Å². The molecule has 18 heavy (non-hydrogen) atoms. The van der Waals surface area contributed by atoms with Gasteiger partial charge in [-0.3, -0.25) is 4.84 Å². The number of halogens is 1. The Bertz CT molecular complexity index is 584. The zero-order valence-corrected chi connectivity index (χ0v) is 10.8. The highest BCUT2D eigenvalue weighted by atomic mass is 32.2. The SMILES string of the molecule is CON(C)S(=O)(=O)c1cc(C)c(F)c(C(=O)O)c1. The van der Waals surface area contributed by atoms with E-state index in [-0.39, 0.29) is 10.5 Å². The molecule has 1 aromatic rings. The molecule has 8 heteroatoms. The van der Waals surface area contributed by atoms with Crippen LogP contribution in [0.5, 0.6) is 0 Å². The van der Waals surface area contributed by atoms with E-state index in [9.17, 15) is 17.6 Å². The molecule has 0 atom stereocenters. The predicted molar refractivity (Wildman–Crippen MR) is 60.1 cm³/mol. The van der Waals surface area contributed by atoms with Crippen LogP contribution in [0.15, 0.2) is 17.0 Å². The van der Waals surface area contributed by atoms with E-state index < -0.39 is 27.4 Å². The van der Waals surface area contributed by atoms with E-state index in [0.717, 1.165) is 26.3 Å². The summed E-state index contributed by atoms with van der Waals surface area (Å²) in [6.45, 7) is 1.29. The zero-order valence-electron chi connectivity index (χ0n) is 9.97. The van der Waals surface area contributed by atoms with Crippen LogP contribution in [0.2, 0.25) is 0 Å². The third-order valence-corrected chi connectivity index (χ3v) is 4.01. The third-order valence-electron chi connectivity index (χ3n) is 2.35. The van der Waals surface area contributed by atoms with Gasteiger partial charge in [-0.15, -0.1) is 0 Å². The van der Waals surface area contributed by atoms with E-state index in [1.54, 1.807) is 0 Å². The average Bonchev–Trinajstić information content (AvgIpc) is 2.30. The molecule has 0 aliphatic carbocycles. The molecule has 6 nitrogen and oxygen atoms in total. The fourth-order valence-corrected chi connectivity index (χ4v) is 2.37. The summed E-state index contributed by atoms with van der Waals surface area (Å²) in [7, 11) is -1.71. The Morgan fingerprint density at radius 3 is 2.44 bits per heavy atom. The van der Waals surface area contributed by atoms with Crippen molar-refractivity contribution in [2.24, 2.45) is 0 Å². The highest BCUT2D eigenvalue weighted by molar-refractivity contribution is 7.89. The molecule has 0 aliphatic heterocycles. The molecule has 0 saturated heterocycles. The maximum absolute atomic E-state index is 13.5. The summed E-state index contributed by atoms with van der Waals surface area (Å²) < 4.78 is 37.8. The molecule has 0 aromatic heterocycles. The Morgan fingerprint density at radius 2 is 2.00 bits per heavy atom. The van der Waals surface area contributed by atoms with Crippen LogP contribution in [0.1, 0.15) is 15.9 Å². The Labute approximate surface area is 104 Å². The number of carboxylic acids is 1. The molecule has 0 heterocycles. The van der Waals surface area contributed by atoms with Crippen LogP contribution in [-0.2, 0) is 14.9 Å². The van der Waals surface area contributed by atoms with Crippen LogP contribution in [-0.4, -0.2) is 38.1 Å². The molecule has 100 valence electrons. The summed E-state index contributed by atoms with van der Waals surface area (Å²) in [5.74, 6) is -2.49. The first-order valence-electron chi connectivity index (χ1n) is 4.78. The first-order chi connectivity index (χ1) is 8.21. The summed E-state index contributed by atoms with van der Waals surface area (Å²) in [5, 5.41) is 8.80. The predicted octanol–water partition coefficient (Wildman–Crippen LogP) is 1.01. The van der Waals surface area contributed by atoms with Gasteiger partial charge in [-0.1, -0.05) is 4.47 Å². The normalized spacial score (nSPS) is 11.8. The molecule has 0 radical (unpaired) electrons. The van der Waals surface area contributed by atoms with Crippen molar-refractivity contribution in [1.82, 2.24) is 4.47 Å². The molecule has 0 bridgehead atoms. The quantitative estimate of drug-likeness (QED) is 0.830. The summed E-state index contributed by atoms with van der Waals surface area (Å²) in [6, 6.07) is 1.81. The molecule has 0 unspecified atom stereocenters. The molecule has 1 rings (SSSR count). The summed E-state index contributed by atoms with van der Waals surface area (Å²) in [5.41, 5.74) is -0.768. The minimum Gasteiger partial charge on any atom is -0.478 e. The Morgan fingerprint density at radius 1 is 1.44 bits per heavy atom. The molecular weight excluding hydrogens is 265 g/mol. The summed E-state index contributed by atoms with van der Waals surface area (Å²) in [6.07, 6.45) is 0. The topological polar surface area (TPSA) is 83.9 Å². The van der Waals surface area contributed by atoms with Gasteiger partial charge in [-0.2, -0.15) is 0 Å². The van der Waals surface area contributed by atoms with Crippen molar-refractivity contribution in [1.29, 1.82) is 0 Å². The lowest BCUT2D eigenvalue weighted by Crippen LogP contribution is -2.26. The van der Waals surface area contributed by atoms with Crippen LogP contribution < -0.4 is 0 Å². The second kappa shape index (κ2) is 5.01. The molecule has 0 amide bonds. The van der Waals surface area contributed by atoms with Crippen LogP contribution in [0.25, 0.3) is 0 Å². The zero-order chi connectivity index (χ0) is 14.1. The fourth-order valence-electron chi connectivity index (χ4n) is 1.29. The van der Waals surface area contributed by atoms with E-state index in [1.165, 1.54) is 6.92 Å². The van der Waals surface area contributed by atoms with Crippen molar-refractivity contribution in [2.75, 3.05) is 14.2 Å². The number of hydroxylamine groups is 1. The Balaban J connectivity index is 3.50. The standard InChI is InChI=1S/C10H12FNO5S/c1-6-4-7(18(15,16)12(2)17-3)5-8(9(6)11)10(13)14/h4-5H,1-3H3,(H,13,14). The number of hydrogen-bond donors (Lipinski definition) is 1. The monoisotopic (exact) mass is 277 g/mol. The first-order valence-corrected chi connectivity index (χ1v) is 6.22. The molecule has 0 aliphatic rings. The van der Waals surface area contributed by atoms with Gasteiger partial charge in [0.1, 0.15) is 5.82 Å². The highest BCUT2D eigenvalue weighted by Gasteiger charge is 2.25. The van der Waals surface area contributed by atoms with Crippen molar-refractivity contribution in [3.63, 3.8) is 0 Å². The molecule has 1 aromatic carbocycles. The van der Waals surface area contributed by atoms with Gasteiger partial charge < -0.3 is 5.11 Å². The van der Waals surface area contributed by atoms with Gasteiger partial charge in [-0.25, -0.2) is 17.6 Å². The lowest BCUT2D eigenvalue weighted by atomic mass is 10.1. The van der Waals surface area contributed by atoms with E-state index in [4.69, 9.17) is 5.11 Å². The molecule has 0 saturated carbocycles. The van der Waals surface area contributed by atoms with Crippen LogP contribution >= 0.6 is 0 Å². The van der Waals surface area contributed by atoms with Gasteiger partial charge in [0.25, 0.3) is 10.0 Å². The minimum atomic E-state index is -4.00. The maximum atomic E-state index is 13.5. The van der Waals surface area contributed by atoms with E-state index in [0.29, 0.717) is 4.47 Å². The van der Waals surface area contributed by atoms with Crippen LogP contribution in [0.4, 0.5) is 4.39 Å². The van der Waals surface area contributed by atoms with Gasteiger partial charge >= 0.3 is 5.97 Å². The third kappa shape index (κ3) is 2.50. The molecule has 0 fully saturated rings. The van der Waals surface area contributed by atoms with Gasteiger partial charge in [0, 0.05) is 7.05 Å². The number of aromatic carboxylic acids is 1. The van der Waals surface area contributed by atoms with E-state index in [2.05, 4.69) is 4.84 Å². The number of aryl methyl sites for hydroxylation is 1. The van der Waals surface area contributed by atoms with Gasteiger partial charge in [-0.05, 0) is 24.6 Å². The first kappa shape index (κ1) is 14.6. The lowest BCUT2D eigenvalue weighted by Gasteiger charge is -2.15. The van der Waals surface area contributed by atoms with Crippen molar-refractivity contribution in [3.8, 4) is 0 Å². The number of nitrogens with zero attached hydrogens (tertiary/aromatic N) is 1. The number of sulfonamides is 1. The molecular formula is C10H12FNO5S. The van der Waals surface area contributed by atoms with Gasteiger partial charge in [0.15, 0.2) is 0 Å². The van der Waals surface area contributed by atoms with Crippen molar-refractivity contribution in [3.05, 3.63) is 29.1 Å². The smallest absolute Gasteiger partial charge is 0.338 e. The van der Waals surface area contributed by atoms with Gasteiger partial charge in [0.2, 0.25) is 0 Å². The lowest BCUT2D eigenvalue weighted by molar-refractivity contribution is -0.0258. The number of carbonyl (C=O) groups is 1. The Kier molecular flexibility index (Phi) is 4.05. The summed E-state index contributed by atoms with van der Waals surface area (Å²) >= 11 is 0. The number of hydrogen-bond acceptors (Lipinski definition) is 4. The second-order valence-corrected chi connectivity index (χ2v) is 5.44. The van der Waals surface area contributed by atoms with Gasteiger partial charge in [0.05, 0.1) is 17.6 Å². The summed E-state index contributed by atoms with van der Waals surface area (Å²) in [4.78, 5) is 15.0. The van der Waals surface area contributed by atoms with E-state index >= 15 is 0 Å². The number of rotatable bonds is 4. The molecule has 0 spiro atoms. The van der Waals surface area contributed by atoms with Crippen LogP contribution in [0, 0.1) is 12.7 Å². The maximum Gasteiger partial charge on any atom is 0.338 e.